The summed E-state index contributed by atoms with van der Waals surface area (Å²) in [7, 11) is 0. The van der Waals surface area contributed by atoms with Gasteiger partial charge in [-0.05, 0) is 62.6 Å². The molecule has 132 valence electrons. The second-order valence-corrected chi connectivity index (χ2v) is 7.67. The molecule has 1 unspecified atom stereocenters. The Balaban J connectivity index is 1.56. The van der Waals surface area contributed by atoms with Gasteiger partial charge in [-0.15, -0.1) is 0 Å². The summed E-state index contributed by atoms with van der Waals surface area (Å²) in [6, 6.07) is 3.87. The van der Waals surface area contributed by atoms with Crippen LogP contribution in [0, 0.1) is 25.7 Å². The van der Waals surface area contributed by atoms with E-state index in [-0.39, 0.29) is 11.5 Å². The lowest BCUT2D eigenvalue weighted by Crippen LogP contribution is -2.42. The van der Waals surface area contributed by atoms with Gasteiger partial charge in [0.05, 0.1) is 17.2 Å². The molecule has 5 heteroatoms. The van der Waals surface area contributed by atoms with Crippen molar-refractivity contribution in [2.45, 2.75) is 46.1 Å². The summed E-state index contributed by atoms with van der Waals surface area (Å²) in [6.45, 7) is 6.33. The van der Waals surface area contributed by atoms with E-state index >= 15 is 0 Å². The monoisotopic (exact) mass is 339 g/mol. The maximum Gasteiger partial charge on any atom is 0.261 e. The summed E-state index contributed by atoms with van der Waals surface area (Å²) >= 11 is 0. The molecule has 1 aromatic heterocycles. The number of aromatic nitrogens is 2. The lowest BCUT2D eigenvalue weighted by molar-refractivity contribution is -0.134. The van der Waals surface area contributed by atoms with Gasteiger partial charge in [0, 0.05) is 25.6 Å². The fourth-order valence-electron chi connectivity index (χ4n) is 3.89. The number of fused-ring (bicyclic) bond motifs is 1. The van der Waals surface area contributed by atoms with Gasteiger partial charge in [0.1, 0.15) is 0 Å². The number of benzene rings is 1. The van der Waals surface area contributed by atoms with Crippen LogP contribution in [0.15, 0.2) is 23.3 Å². The number of rotatable bonds is 3. The van der Waals surface area contributed by atoms with Gasteiger partial charge in [0.25, 0.3) is 5.56 Å². The van der Waals surface area contributed by atoms with Gasteiger partial charge in [-0.25, -0.2) is 4.98 Å². The van der Waals surface area contributed by atoms with Crippen LogP contribution in [-0.2, 0) is 11.3 Å². The molecule has 0 N–H and O–H groups in total. The summed E-state index contributed by atoms with van der Waals surface area (Å²) in [5, 5.41) is 0.687. The normalized spacial score (nSPS) is 20.9. The van der Waals surface area contributed by atoms with Gasteiger partial charge in [0.2, 0.25) is 5.91 Å². The Morgan fingerprint density at radius 2 is 2.04 bits per heavy atom. The zero-order valence-corrected chi connectivity index (χ0v) is 15.0. The first-order valence-corrected chi connectivity index (χ1v) is 9.28. The van der Waals surface area contributed by atoms with Crippen LogP contribution < -0.4 is 5.56 Å². The molecule has 2 fully saturated rings. The average Bonchev–Trinajstić information content (AvgIpc) is 3.45. The first-order chi connectivity index (χ1) is 12.0. The summed E-state index contributed by atoms with van der Waals surface area (Å²) in [5.74, 6) is 0.926. The molecule has 5 nitrogen and oxygen atoms in total. The lowest BCUT2D eigenvalue weighted by Gasteiger charge is -2.33. The number of hydrogen-bond donors (Lipinski definition) is 0. The van der Waals surface area contributed by atoms with Crippen molar-refractivity contribution in [1.82, 2.24) is 14.5 Å². The van der Waals surface area contributed by atoms with Crippen LogP contribution in [0.1, 0.15) is 36.8 Å². The molecule has 1 amide bonds. The van der Waals surface area contributed by atoms with Gasteiger partial charge in [-0.1, -0.05) is 6.07 Å². The predicted octanol–water partition coefficient (Wildman–Crippen LogP) is 2.66. The van der Waals surface area contributed by atoms with E-state index in [0.29, 0.717) is 23.8 Å². The van der Waals surface area contributed by atoms with E-state index < -0.39 is 0 Å². The molecule has 1 aliphatic heterocycles. The van der Waals surface area contributed by atoms with Gasteiger partial charge in [-0.3, -0.25) is 14.2 Å². The number of amides is 1. The third-order valence-electron chi connectivity index (χ3n) is 5.73. The van der Waals surface area contributed by atoms with E-state index in [4.69, 9.17) is 0 Å². The summed E-state index contributed by atoms with van der Waals surface area (Å²) in [6.07, 6.45) is 5.86. The molecule has 2 heterocycles. The van der Waals surface area contributed by atoms with Crippen LogP contribution in [-0.4, -0.2) is 33.4 Å². The standard InChI is InChI=1S/C20H25N3O2/c1-13-5-8-17-18(14(13)2)21-12-23(20(17)25)11-15-4-3-9-22(10-15)19(24)16-6-7-16/h5,8,12,15-16H,3-4,6-7,9-11H2,1-2H3. The fourth-order valence-corrected chi connectivity index (χ4v) is 3.89. The first kappa shape index (κ1) is 16.3. The van der Waals surface area contributed by atoms with Crippen molar-refractivity contribution < 1.29 is 4.79 Å². The number of piperidine rings is 1. The van der Waals surface area contributed by atoms with Crippen LogP contribution in [0.4, 0.5) is 0 Å². The van der Waals surface area contributed by atoms with Crippen molar-refractivity contribution in [3.63, 3.8) is 0 Å². The third kappa shape index (κ3) is 3.08. The molecule has 1 aromatic carbocycles. The van der Waals surface area contributed by atoms with Crippen molar-refractivity contribution in [2.75, 3.05) is 13.1 Å². The molecular formula is C20H25N3O2. The highest BCUT2D eigenvalue weighted by molar-refractivity contribution is 5.82. The number of nitrogens with zero attached hydrogens (tertiary/aromatic N) is 3. The molecule has 1 saturated heterocycles. The molecule has 4 rings (SSSR count). The zero-order chi connectivity index (χ0) is 17.6. The van der Waals surface area contributed by atoms with Gasteiger partial charge in [0.15, 0.2) is 0 Å². The highest BCUT2D eigenvalue weighted by Crippen LogP contribution is 2.32. The maximum atomic E-state index is 12.8. The Hall–Kier alpha value is -2.17. The average molecular weight is 339 g/mol. The van der Waals surface area contributed by atoms with Crippen LogP contribution in [0.5, 0.6) is 0 Å². The highest BCUT2D eigenvalue weighted by atomic mass is 16.2. The van der Waals surface area contributed by atoms with E-state index in [9.17, 15) is 9.59 Å². The van der Waals surface area contributed by atoms with E-state index in [1.54, 1.807) is 10.9 Å². The van der Waals surface area contributed by atoms with Crippen molar-refractivity contribution in [3.8, 4) is 0 Å². The van der Waals surface area contributed by atoms with Gasteiger partial charge < -0.3 is 4.90 Å². The number of carbonyl (C=O) groups excluding carboxylic acids is 1. The lowest BCUT2D eigenvalue weighted by atomic mass is 9.97. The molecule has 1 atom stereocenters. The molecule has 2 aromatic rings. The smallest absolute Gasteiger partial charge is 0.261 e. The summed E-state index contributed by atoms with van der Waals surface area (Å²) < 4.78 is 1.73. The molecule has 0 radical (unpaired) electrons. The van der Waals surface area contributed by atoms with E-state index in [0.717, 1.165) is 55.4 Å². The molecule has 25 heavy (non-hydrogen) atoms. The van der Waals surface area contributed by atoms with E-state index in [2.05, 4.69) is 4.98 Å². The van der Waals surface area contributed by atoms with Gasteiger partial charge >= 0.3 is 0 Å². The van der Waals surface area contributed by atoms with Crippen LogP contribution in [0.3, 0.4) is 0 Å². The van der Waals surface area contributed by atoms with Gasteiger partial charge in [-0.2, -0.15) is 0 Å². The molecule has 0 spiro atoms. The number of aryl methyl sites for hydroxylation is 2. The SMILES string of the molecule is Cc1ccc2c(=O)n(CC3CCCN(C(=O)C4CC4)C3)cnc2c1C. The molecule has 1 saturated carbocycles. The minimum atomic E-state index is 0.0266. The van der Waals surface area contributed by atoms with Crippen molar-refractivity contribution in [1.29, 1.82) is 0 Å². The fraction of sp³-hybridized carbons (Fsp3) is 0.550. The van der Waals surface area contributed by atoms with Crippen LogP contribution in [0.25, 0.3) is 10.9 Å². The number of likely N-dealkylation sites (tertiary alicyclic amines) is 1. The maximum absolute atomic E-state index is 12.8. The Morgan fingerprint density at radius 3 is 2.80 bits per heavy atom. The second kappa shape index (κ2) is 6.28. The Bertz CT molecular complexity index is 882. The van der Waals surface area contributed by atoms with Crippen molar-refractivity contribution >= 4 is 16.8 Å². The van der Waals surface area contributed by atoms with E-state index in [1.807, 2.05) is 30.9 Å². The molecule has 2 aliphatic rings. The second-order valence-electron chi connectivity index (χ2n) is 7.67. The highest BCUT2D eigenvalue weighted by Gasteiger charge is 2.35. The van der Waals surface area contributed by atoms with E-state index in [1.165, 1.54) is 0 Å². The summed E-state index contributed by atoms with van der Waals surface area (Å²) in [4.78, 5) is 31.7. The number of hydrogen-bond acceptors (Lipinski definition) is 3. The van der Waals surface area contributed by atoms with Crippen LogP contribution >= 0.6 is 0 Å². The molecular weight excluding hydrogens is 314 g/mol. The Kier molecular flexibility index (Phi) is 4.10. The third-order valence-corrected chi connectivity index (χ3v) is 5.73. The minimum Gasteiger partial charge on any atom is -0.342 e. The van der Waals surface area contributed by atoms with Crippen molar-refractivity contribution in [2.24, 2.45) is 11.8 Å². The predicted molar refractivity (Wildman–Crippen MR) is 97.5 cm³/mol. The Labute approximate surface area is 147 Å². The first-order valence-electron chi connectivity index (χ1n) is 9.28. The van der Waals surface area contributed by atoms with Crippen molar-refractivity contribution in [3.05, 3.63) is 39.9 Å². The number of carbonyl (C=O) groups is 1. The summed E-state index contributed by atoms with van der Waals surface area (Å²) in [5.41, 5.74) is 3.05. The largest absolute Gasteiger partial charge is 0.342 e. The minimum absolute atomic E-state index is 0.0266. The quantitative estimate of drug-likeness (QED) is 0.864. The van der Waals surface area contributed by atoms with Crippen LogP contribution in [0.2, 0.25) is 0 Å². The molecule has 0 bridgehead atoms. The molecule has 1 aliphatic carbocycles. The zero-order valence-electron chi connectivity index (χ0n) is 15.0. The topological polar surface area (TPSA) is 55.2 Å². The Morgan fingerprint density at radius 1 is 1.24 bits per heavy atom.